The second-order valence-corrected chi connectivity index (χ2v) is 5.21. The Morgan fingerprint density at radius 2 is 2.11 bits per heavy atom. The molecule has 0 saturated carbocycles. The summed E-state index contributed by atoms with van der Waals surface area (Å²) in [6.45, 7) is 6.24. The Morgan fingerprint density at radius 1 is 1.37 bits per heavy atom. The zero-order chi connectivity index (χ0) is 14.0. The largest absolute Gasteiger partial charge is 0.398 e. The molecule has 0 unspecified atom stereocenters. The first-order valence-corrected chi connectivity index (χ1v) is 6.30. The van der Waals surface area contributed by atoms with Crippen LogP contribution in [0.25, 0.3) is 11.4 Å². The van der Waals surface area contributed by atoms with Crippen molar-refractivity contribution in [2.24, 2.45) is 0 Å². The van der Waals surface area contributed by atoms with Crippen molar-refractivity contribution in [1.29, 1.82) is 0 Å². The van der Waals surface area contributed by atoms with E-state index in [0.29, 0.717) is 17.1 Å². The minimum atomic E-state index is -0.368. The van der Waals surface area contributed by atoms with Crippen molar-refractivity contribution in [1.82, 2.24) is 20.2 Å². The Hall–Kier alpha value is -1.98. The van der Waals surface area contributed by atoms with Crippen LogP contribution in [0.1, 0.15) is 33.6 Å². The van der Waals surface area contributed by atoms with Crippen LogP contribution in [0, 0.1) is 5.82 Å². The van der Waals surface area contributed by atoms with Gasteiger partial charge in [0.1, 0.15) is 5.82 Å². The van der Waals surface area contributed by atoms with Gasteiger partial charge in [-0.05, 0) is 48.9 Å². The first kappa shape index (κ1) is 13.5. The molecule has 102 valence electrons. The SMILES string of the molecule is CCCC(C)(C)n1nnnc1-c1ccc(F)cc1N. The second kappa shape index (κ2) is 4.95. The summed E-state index contributed by atoms with van der Waals surface area (Å²) in [5.41, 5.74) is 6.62. The molecule has 0 aliphatic heterocycles. The highest BCUT2D eigenvalue weighted by atomic mass is 19.1. The Morgan fingerprint density at radius 3 is 2.74 bits per heavy atom. The zero-order valence-corrected chi connectivity index (χ0v) is 11.4. The number of nitrogens with zero attached hydrogens (tertiary/aromatic N) is 4. The van der Waals surface area contributed by atoms with Crippen molar-refractivity contribution < 1.29 is 4.39 Å². The molecule has 6 heteroatoms. The standard InChI is InChI=1S/C13H18FN5/c1-4-7-13(2,3)19-12(16-17-18-19)10-6-5-9(14)8-11(10)15/h5-6,8H,4,7,15H2,1-3H3. The first-order chi connectivity index (χ1) is 8.95. The van der Waals surface area contributed by atoms with Crippen LogP contribution in [0.15, 0.2) is 18.2 Å². The smallest absolute Gasteiger partial charge is 0.184 e. The second-order valence-electron chi connectivity index (χ2n) is 5.21. The van der Waals surface area contributed by atoms with Crippen molar-refractivity contribution in [3.63, 3.8) is 0 Å². The Kier molecular flexibility index (Phi) is 3.50. The lowest BCUT2D eigenvalue weighted by Crippen LogP contribution is -2.28. The monoisotopic (exact) mass is 263 g/mol. The van der Waals surface area contributed by atoms with E-state index in [0.717, 1.165) is 12.8 Å². The number of tetrazole rings is 1. The van der Waals surface area contributed by atoms with Crippen LogP contribution in [0.4, 0.5) is 10.1 Å². The minimum absolute atomic E-state index is 0.214. The maximum Gasteiger partial charge on any atom is 0.184 e. The normalized spacial score (nSPS) is 11.8. The van der Waals surface area contributed by atoms with E-state index < -0.39 is 0 Å². The summed E-state index contributed by atoms with van der Waals surface area (Å²) in [5, 5.41) is 11.8. The predicted molar refractivity (Wildman–Crippen MR) is 71.9 cm³/mol. The molecular weight excluding hydrogens is 245 g/mol. The molecule has 1 heterocycles. The molecule has 0 radical (unpaired) electrons. The summed E-state index contributed by atoms with van der Waals surface area (Å²) < 4.78 is 14.9. The van der Waals surface area contributed by atoms with Crippen molar-refractivity contribution in [3.05, 3.63) is 24.0 Å². The Labute approximate surface area is 111 Å². The van der Waals surface area contributed by atoms with Gasteiger partial charge in [0.2, 0.25) is 0 Å². The van der Waals surface area contributed by atoms with Gasteiger partial charge >= 0.3 is 0 Å². The fourth-order valence-corrected chi connectivity index (χ4v) is 2.22. The number of halogens is 1. The average molecular weight is 263 g/mol. The summed E-state index contributed by atoms with van der Waals surface area (Å²) in [5.74, 6) is 0.198. The fourth-order valence-electron chi connectivity index (χ4n) is 2.22. The fraction of sp³-hybridized carbons (Fsp3) is 0.462. The Bertz CT molecular complexity index is 576. The van der Waals surface area contributed by atoms with E-state index in [4.69, 9.17) is 5.73 Å². The van der Waals surface area contributed by atoms with Crippen LogP contribution >= 0.6 is 0 Å². The topological polar surface area (TPSA) is 69.6 Å². The van der Waals surface area contributed by atoms with Crippen LogP contribution in [0.2, 0.25) is 0 Å². The summed E-state index contributed by atoms with van der Waals surface area (Å²) in [6.07, 6.45) is 1.96. The summed E-state index contributed by atoms with van der Waals surface area (Å²) in [7, 11) is 0. The van der Waals surface area contributed by atoms with E-state index in [1.54, 1.807) is 10.7 Å². The van der Waals surface area contributed by atoms with Gasteiger partial charge < -0.3 is 5.73 Å². The van der Waals surface area contributed by atoms with Gasteiger partial charge in [-0.1, -0.05) is 13.3 Å². The van der Waals surface area contributed by atoms with Gasteiger partial charge in [0, 0.05) is 11.3 Å². The number of aromatic nitrogens is 4. The molecule has 0 bridgehead atoms. The molecule has 0 saturated heterocycles. The summed E-state index contributed by atoms with van der Waals surface area (Å²) >= 11 is 0. The number of benzene rings is 1. The van der Waals surface area contributed by atoms with E-state index >= 15 is 0 Å². The molecule has 2 rings (SSSR count). The molecule has 0 amide bonds. The number of rotatable bonds is 4. The highest BCUT2D eigenvalue weighted by molar-refractivity contribution is 5.71. The number of nitrogen functional groups attached to an aromatic ring is 1. The average Bonchev–Trinajstić information content (AvgIpc) is 2.78. The van der Waals surface area contributed by atoms with Gasteiger partial charge in [0.15, 0.2) is 5.82 Å². The molecule has 2 aromatic rings. The van der Waals surface area contributed by atoms with Crippen LogP contribution < -0.4 is 5.73 Å². The number of hydrogen-bond acceptors (Lipinski definition) is 4. The van der Waals surface area contributed by atoms with Gasteiger partial charge in [-0.2, -0.15) is 0 Å². The van der Waals surface area contributed by atoms with Crippen LogP contribution in [0.5, 0.6) is 0 Å². The number of anilines is 1. The van der Waals surface area contributed by atoms with E-state index in [1.807, 2.05) is 0 Å². The number of hydrogen-bond donors (Lipinski definition) is 1. The molecule has 5 nitrogen and oxygen atoms in total. The quantitative estimate of drug-likeness (QED) is 0.861. The lowest BCUT2D eigenvalue weighted by atomic mass is 9.98. The predicted octanol–water partition coefficient (Wildman–Crippen LogP) is 2.60. The van der Waals surface area contributed by atoms with Gasteiger partial charge in [0.05, 0.1) is 5.54 Å². The lowest BCUT2D eigenvalue weighted by Gasteiger charge is -2.25. The van der Waals surface area contributed by atoms with Crippen LogP contribution in [-0.4, -0.2) is 20.2 Å². The molecule has 0 atom stereocenters. The van der Waals surface area contributed by atoms with Crippen molar-refractivity contribution >= 4 is 5.69 Å². The highest BCUT2D eigenvalue weighted by Crippen LogP contribution is 2.29. The molecule has 0 aliphatic rings. The van der Waals surface area contributed by atoms with Crippen LogP contribution in [-0.2, 0) is 5.54 Å². The maximum atomic E-state index is 13.1. The van der Waals surface area contributed by atoms with Crippen LogP contribution in [0.3, 0.4) is 0 Å². The molecule has 2 N–H and O–H groups in total. The third-order valence-corrected chi connectivity index (χ3v) is 3.16. The van der Waals surface area contributed by atoms with Gasteiger partial charge in [-0.3, -0.25) is 0 Å². The van der Waals surface area contributed by atoms with E-state index in [1.165, 1.54) is 12.1 Å². The number of nitrogens with two attached hydrogens (primary N) is 1. The third kappa shape index (κ3) is 2.57. The maximum absolute atomic E-state index is 13.1. The molecule has 1 aromatic carbocycles. The highest BCUT2D eigenvalue weighted by Gasteiger charge is 2.25. The molecule has 19 heavy (non-hydrogen) atoms. The van der Waals surface area contributed by atoms with Crippen molar-refractivity contribution in [2.45, 2.75) is 39.2 Å². The molecule has 0 aliphatic carbocycles. The first-order valence-electron chi connectivity index (χ1n) is 6.30. The van der Waals surface area contributed by atoms with Gasteiger partial charge in [0.25, 0.3) is 0 Å². The molecule has 0 fully saturated rings. The summed E-state index contributed by atoms with van der Waals surface area (Å²) in [6, 6.07) is 4.24. The zero-order valence-electron chi connectivity index (χ0n) is 11.4. The Balaban J connectivity index is 2.50. The molecule has 1 aromatic heterocycles. The van der Waals surface area contributed by atoms with Crippen molar-refractivity contribution in [3.8, 4) is 11.4 Å². The lowest BCUT2D eigenvalue weighted by molar-refractivity contribution is 0.290. The summed E-state index contributed by atoms with van der Waals surface area (Å²) in [4.78, 5) is 0. The van der Waals surface area contributed by atoms with E-state index in [-0.39, 0.29) is 11.4 Å². The minimum Gasteiger partial charge on any atom is -0.398 e. The van der Waals surface area contributed by atoms with Gasteiger partial charge in [-0.25, -0.2) is 9.07 Å². The molecule has 0 spiro atoms. The van der Waals surface area contributed by atoms with Gasteiger partial charge in [-0.15, -0.1) is 5.10 Å². The van der Waals surface area contributed by atoms with E-state index in [2.05, 4.69) is 36.3 Å². The van der Waals surface area contributed by atoms with E-state index in [9.17, 15) is 4.39 Å². The molecular formula is C13H18FN5. The van der Waals surface area contributed by atoms with Crippen molar-refractivity contribution in [2.75, 3.05) is 5.73 Å². The third-order valence-electron chi connectivity index (χ3n) is 3.16.